The van der Waals surface area contributed by atoms with Crippen LogP contribution in [0, 0.1) is 0 Å². The predicted molar refractivity (Wildman–Crippen MR) is 46.5 cm³/mol. The monoisotopic (exact) mass is 212 g/mol. The Morgan fingerprint density at radius 2 is 2.53 bits per heavy atom. The zero-order valence-corrected chi connectivity index (χ0v) is 7.92. The molecule has 1 N–H and O–H groups in total. The zero-order valence-electron chi connectivity index (χ0n) is 7.92. The van der Waals surface area contributed by atoms with E-state index in [4.69, 9.17) is 14.4 Å². The van der Waals surface area contributed by atoms with Crippen molar-refractivity contribution in [3.05, 3.63) is 0 Å². The molecule has 1 fully saturated rings. The van der Waals surface area contributed by atoms with Crippen LogP contribution in [-0.2, 0) is 14.4 Å². The van der Waals surface area contributed by atoms with Crippen LogP contribution in [0.5, 0.6) is 0 Å². The summed E-state index contributed by atoms with van der Waals surface area (Å²) in [6.07, 6.45) is 2.47. The molecule has 0 aromatic rings. The van der Waals surface area contributed by atoms with Gasteiger partial charge in [-0.15, -0.1) is 5.11 Å². The Labute approximate surface area is 85.8 Å². The highest BCUT2D eigenvalue weighted by atomic mass is 16.7. The number of nitrogens with zero attached hydrogens (tertiary/aromatic N) is 4. The molecular formula is C7H10N5O3. The minimum atomic E-state index is -0.740. The smallest absolute Gasteiger partial charge is 0.275 e. The van der Waals surface area contributed by atoms with Gasteiger partial charge in [0.15, 0.2) is 6.04 Å². The number of rotatable bonds is 2. The first kappa shape index (κ1) is 9.01. The first-order chi connectivity index (χ1) is 7.42. The maximum atomic E-state index is 5.40. The van der Waals surface area contributed by atoms with E-state index in [0.717, 1.165) is 6.54 Å². The van der Waals surface area contributed by atoms with E-state index in [1.54, 1.807) is 5.17 Å². The SMILES string of the molecule is [C]1=NC(C2CON=N2)(N2NCCO2)CO1. The van der Waals surface area contributed by atoms with Crippen LogP contribution in [0.1, 0.15) is 0 Å². The molecule has 2 unspecified atom stereocenters. The highest BCUT2D eigenvalue weighted by Crippen LogP contribution is 2.30. The number of hydroxylamine groups is 1. The Morgan fingerprint density at radius 3 is 3.13 bits per heavy atom. The third-order valence-corrected chi connectivity index (χ3v) is 2.53. The van der Waals surface area contributed by atoms with Crippen molar-refractivity contribution in [1.29, 1.82) is 0 Å². The topological polar surface area (TPSA) is 80.0 Å². The van der Waals surface area contributed by atoms with Gasteiger partial charge in [-0.3, -0.25) is 4.84 Å². The molecule has 0 bridgehead atoms. The van der Waals surface area contributed by atoms with Gasteiger partial charge in [0.05, 0.1) is 6.61 Å². The van der Waals surface area contributed by atoms with Gasteiger partial charge in [-0.1, -0.05) is 5.17 Å². The maximum absolute atomic E-state index is 5.40. The van der Waals surface area contributed by atoms with Crippen LogP contribution < -0.4 is 5.43 Å². The molecule has 81 valence electrons. The van der Waals surface area contributed by atoms with Gasteiger partial charge >= 0.3 is 0 Å². The van der Waals surface area contributed by atoms with E-state index >= 15 is 0 Å². The van der Waals surface area contributed by atoms with Crippen LogP contribution in [-0.4, -0.2) is 49.6 Å². The molecule has 0 spiro atoms. The molecule has 0 amide bonds. The van der Waals surface area contributed by atoms with Crippen LogP contribution in [0.2, 0.25) is 0 Å². The van der Waals surface area contributed by atoms with Gasteiger partial charge in [0, 0.05) is 11.8 Å². The van der Waals surface area contributed by atoms with E-state index in [-0.39, 0.29) is 6.04 Å². The predicted octanol–water partition coefficient (Wildman–Crippen LogP) is -0.864. The molecular weight excluding hydrogens is 202 g/mol. The lowest BCUT2D eigenvalue weighted by Gasteiger charge is -2.33. The largest absolute Gasteiger partial charge is 0.470 e. The number of aliphatic imine (C=N–C) groups is 1. The Morgan fingerprint density at radius 1 is 1.53 bits per heavy atom. The molecule has 8 nitrogen and oxygen atoms in total. The fourth-order valence-electron chi connectivity index (χ4n) is 1.72. The number of hydrazine groups is 1. The number of hydrogen-bond donors (Lipinski definition) is 1. The van der Waals surface area contributed by atoms with E-state index in [1.807, 2.05) is 0 Å². The first-order valence-electron chi connectivity index (χ1n) is 4.69. The summed E-state index contributed by atoms with van der Waals surface area (Å²) in [6.45, 7) is 2.03. The number of nitrogens with one attached hydrogen (secondary N) is 1. The number of ether oxygens (including phenoxy) is 1. The minimum absolute atomic E-state index is 0.238. The summed E-state index contributed by atoms with van der Waals surface area (Å²) in [6, 6.07) is -0.238. The Balaban J connectivity index is 1.87. The fourth-order valence-corrected chi connectivity index (χ4v) is 1.72. The lowest BCUT2D eigenvalue weighted by atomic mass is 10.0. The van der Waals surface area contributed by atoms with Crippen molar-refractivity contribution in [1.82, 2.24) is 10.6 Å². The lowest BCUT2D eigenvalue weighted by molar-refractivity contribution is -0.219. The van der Waals surface area contributed by atoms with Gasteiger partial charge in [0.1, 0.15) is 13.2 Å². The first-order valence-corrected chi connectivity index (χ1v) is 4.69. The van der Waals surface area contributed by atoms with E-state index in [9.17, 15) is 0 Å². The van der Waals surface area contributed by atoms with Crippen LogP contribution in [0.15, 0.2) is 15.4 Å². The summed E-state index contributed by atoms with van der Waals surface area (Å²) in [5.41, 5.74) is 2.32. The number of hydrogen-bond acceptors (Lipinski definition) is 8. The van der Waals surface area contributed by atoms with Crippen molar-refractivity contribution in [3.8, 4) is 0 Å². The Kier molecular flexibility index (Phi) is 2.04. The van der Waals surface area contributed by atoms with Gasteiger partial charge < -0.3 is 9.57 Å². The average molecular weight is 212 g/mol. The van der Waals surface area contributed by atoms with E-state index < -0.39 is 5.66 Å². The summed E-state index contributed by atoms with van der Waals surface area (Å²) in [5, 5.41) is 9.02. The molecule has 3 aliphatic heterocycles. The molecule has 0 saturated carbocycles. The molecule has 15 heavy (non-hydrogen) atoms. The molecule has 1 saturated heterocycles. The summed E-state index contributed by atoms with van der Waals surface area (Å²) < 4.78 is 5.05. The van der Waals surface area contributed by atoms with Crippen LogP contribution in [0.4, 0.5) is 0 Å². The molecule has 0 aliphatic carbocycles. The normalized spacial score (nSPS) is 39.6. The standard InChI is InChI=1S/C7H10N5O3/c1-2-15-12(9-1)7(4-13-5-8-7)6-3-14-11-10-6/h6,9H,1-4H2. The van der Waals surface area contributed by atoms with Gasteiger partial charge in [-0.2, -0.15) is 0 Å². The van der Waals surface area contributed by atoms with Crippen LogP contribution in [0.3, 0.4) is 0 Å². The summed E-state index contributed by atoms with van der Waals surface area (Å²) in [4.78, 5) is 14.4. The second-order valence-corrected chi connectivity index (χ2v) is 3.41. The Bertz CT molecular complexity index is 303. The molecule has 3 heterocycles. The van der Waals surface area contributed by atoms with Crippen molar-refractivity contribution in [2.75, 3.05) is 26.4 Å². The minimum Gasteiger partial charge on any atom is -0.470 e. The van der Waals surface area contributed by atoms with Crippen molar-refractivity contribution in [2.45, 2.75) is 11.7 Å². The molecule has 8 heteroatoms. The van der Waals surface area contributed by atoms with Gasteiger partial charge in [0.2, 0.25) is 5.66 Å². The lowest BCUT2D eigenvalue weighted by Crippen LogP contribution is -2.58. The van der Waals surface area contributed by atoms with Crippen molar-refractivity contribution < 1.29 is 14.4 Å². The molecule has 0 aromatic carbocycles. The maximum Gasteiger partial charge on any atom is 0.275 e. The van der Waals surface area contributed by atoms with Crippen LogP contribution >= 0.6 is 0 Å². The third kappa shape index (κ3) is 1.29. The summed E-state index contributed by atoms with van der Waals surface area (Å²) in [5.74, 6) is 0. The van der Waals surface area contributed by atoms with E-state index in [0.29, 0.717) is 19.8 Å². The van der Waals surface area contributed by atoms with Crippen molar-refractivity contribution in [3.63, 3.8) is 0 Å². The quantitative estimate of drug-likeness (QED) is 0.644. The van der Waals surface area contributed by atoms with E-state index in [2.05, 4.69) is 27.2 Å². The third-order valence-electron chi connectivity index (χ3n) is 2.53. The second kappa shape index (κ2) is 3.40. The molecule has 0 aromatic heterocycles. The Hall–Kier alpha value is -1.25. The molecule has 2 atom stereocenters. The summed E-state index contributed by atoms with van der Waals surface area (Å²) >= 11 is 0. The molecule has 1 radical (unpaired) electrons. The van der Waals surface area contributed by atoms with Crippen molar-refractivity contribution in [2.24, 2.45) is 15.4 Å². The van der Waals surface area contributed by atoms with E-state index in [1.165, 1.54) is 0 Å². The average Bonchev–Trinajstić information content (AvgIpc) is 3.02. The highest BCUT2D eigenvalue weighted by molar-refractivity contribution is 5.50. The van der Waals surface area contributed by atoms with Gasteiger partial charge in [-0.25, -0.2) is 10.4 Å². The summed E-state index contributed by atoms with van der Waals surface area (Å²) in [7, 11) is 0. The van der Waals surface area contributed by atoms with Gasteiger partial charge in [0.25, 0.3) is 6.40 Å². The molecule has 3 rings (SSSR count). The zero-order chi connectivity index (χ0) is 10.1. The fraction of sp³-hybridized carbons (Fsp3) is 0.857. The van der Waals surface area contributed by atoms with Crippen LogP contribution in [0.25, 0.3) is 0 Å². The molecule has 3 aliphatic rings. The van der Waals surface area contributed by atoms with Gasteiger partial charge in [-0.05, 0) is 0 Å². The highest BCUT2D eigenvalue weighted by Gasteiger charge is 2.52. The van der Waals surface area contributed by atoms with Crippen molar-refractivity contribution >= 4 is 6.40 Å². The second-order valence-electron chi connectivity index (χ2n) is 3.41.